The second-order valence-electron chi connectivity index (χ2n) is 9.20. The highest BCUT2D eigenvalue weighted by Gasteiger charge is 2.25. The molecule has 3 aliphatic rings. The van der Waals surface area contributed by atoms with E-state index in [1.54, 1.807) is 6.07 Å². The first kappa shape index (κ1) is 24.5. The topological polar surface area (TPSA) is 61.1 Å². The molecule has 1 aromatic heterocycles. The van der Waals surface area contributed by atoms with Crippen molar-refractivity contribution in [3.63, 3.8) is 0 Å². The van der Waals surface area contributed by atoms with Gasteiger partial charge in [0.1, 0.15) is 0 Å². The third-order valence-corrected chi connectivity index (χ3v) is 8.08. The molecule has 0 amide bonds. The van der Waals surface area contributed by atoms with E-state index < -0.39 is 11.0 Å². The summed E-state index contributed by atoms with van der Waals surface area (Å²) in [6.45, 7) is 5.84. The Morgan fingerprint density at radius 3 is 2.59 bits per heavy atom. The number of nitriles is 1. The van der Waals surface area contributed by atoms with Crippen LogP contribution < -0.4 is 9.62 Å². The van der Waals surface area contributed by atoms with Crippen molar-refractivity contribution in [1.82, 2.24) is 9.29 Å². The average Bonchev–Trinajstić information content (AvgIpc) is 3.38. The van der Waals surface area contributed by atoms with E-state index in [0.717, 1.165) is 6.42 Å². The van der Waals surface area contributed by atoms with Crippen molar-refractivity contribution in [2.24, 2.45) is 0 Å². The molecule has 1 N–H and O–H groups in total. The van der Waals surface area contributed by atoms with Crippen molar-refractivity contribution in [3.05, 3.63) is 60.3 Å². The zero-order valence-electron chi connectivity index (χ0n) is 20.4. The van der Waals surface area contributed by atoms with Crippen molar-refractivity contribution in [1.29, 1.82) is 5.26 Å². The molecule has 1 saturated heterocycles. The van der Waals surface area contributed by atoms with Gasteiger partial charge in [-0.2, -0.15) is 5.26 Å². The molecule has 0 spiro atoms. The normalized spacial score (nSPS) is 20.8. The second kappa shape index (κ2) is 11.7. The molecule has 180 valence electrons. The number of nitrogens with zero attached hydrogens (tertiary/aromatic N) is 3. The Hall–Kier alpha value is -2.62. The van der Waals surface area contributed by atoms with Gasteiger partial charge in [-0.3, -0.25) is 0 Å². The van der Waals surface area contributed by atoms with Gasteiger partial charge in [0.15, 0.2) is 0 Å². The third kappa shape index (κ3) is 5.54. The first-order valence-corrected chi connectivity index (χ1v) is 13.9. The molecule has 5 nitrogen and oxygen atoms in total. The van der Waals surface area contributed by atoms with Gasteiger partial charge >= 0.3 is 0 Å². The Kier molecular flexibility index (Phi) is 8.42. The van der Waals surface area contributed by atoms with Gasteiger partial charge < -0.3 is 9.47 Å². The van der Waals surface area contributed by atoms with Crippen LogP contribution in [0.3, 0.4) is 0 Å². The van der Waals surface area contributed by atoms with E-state index in [1.165, 1.54) is 80.0 Å². The molecule has 2 atom stereocenters. The van der Waals surface area contributed by atoms with Gasteiger partial charge in [0.25, 0.3) is 0 Å². The maximum atomic E-state index is 12.1. The van der Waals surface area contributed by atoms with Crippen LogP contribution in [0, 0.1) is 11.3 Å². The van der Waals surface area contributed by atoms with E-state index in [-0.39, 0.29) is 6.04 Å². The van der Waals surface area contributed by atoms with Crippen LogP contribution in [0.15, 0.2) is 54.6 Å². The molecule has 2 unspecified atom stereocenters. The first-order chi connectivity index (χ1) is 16.6. The van der Waals surface area contributed by atoms with Gasteiger partial charge in [0.2, 0.25) is 0 Å². The quantitative estimate of drug-likeness (QED) is 0.530. The molecule has 1 saturated carbocycles. The van der Waals surface area contributed by atoms with Crippen LogP contribution in [-0.4, -0.2) is 33.7 Å². The van der Waals surface area contributed by atoms with Gasteiger partial charge in [-0.05, 0) is 62.3 Å². The SMILES string of the molecule is CC#N.CCCS(=O)NC1C=CC=C(c2cc3ccc(N4CCCC4)cc3n2C2CCC2)C=C1. The van der Waals surface area contributed by atoms with Crippen LogP contribution in [0.4, 0.5) is 5.69 Å². The maximum absolute atomic E-state index is 12.1. The highest BCUT2D eigenvalue weighted by atomic mass is 32.2. The third-order valence-electron chi connectivity index (χ3n) is 6.77. The molecule has 2 fully saturated rings. The van der Waals surface area contributed by atoms with Gasteiger partial charge in [-0.1, -0.05) is 43.4 Å². The lowest BCUT2D eigenvalue weighted by Gasteiger charge is -2.30. The standard InChI is InChI=1S/C26H33N3OS.C2H3N/c1-2-17-31(30)27-22-8-5-7-20(11-13-22)25-18-21-12-14-24(28-15-3-4-16-28)19-26(21)29(25)23-9-6-10-23;1-2-3/h5,7-8,11-14,18-19,22-23,27H,2-4,6,9-10,15-17H2,1H3;1H3. The highest BCUT2D eigenvalue weighted by molar-refractivity contribution is 7.83. The molecule has 2 aliphatic carbocycles. The number of nitrogens with one attached hydrogen (secondary N) is 1. The predicted molar refractivity (Wildman–Crippen MR) is 144 cm³/mol. The lowest BCUT2D eigenvalue weighted by Crippen LogP contribution is -2.28. The monoisotopic (exact) mass is 476 g/mol. The van der Waals surface area contributed by atoms with Crippen LogP contribution in [0.25, 0.3) is 16.5 Å². The molecular formula is C28H36N4OS. The van der Waals surface area contributed by atoms with Crippen LogP contribution in [-0.2, 0) is 11.0 Å². The second-order valence-corrected chi connectivity index (χ2v) is 10.5. The fourth-order valence-electron chi connectivity index (χ4n) is 4.89. The molecule has 1 aliphatic heterocycles. The summed E-state index contributed by atoms with van der Waals surface area (Å²) in [6.07, 6.45) is 18.1. The van der Waals surface area contributed by atoms with Gasteiger partial charge in [0, 0.05) is 48.6 Å². The fourth-order valence-corrected chi connectivity index (χ4v) is 5.84. The Morgan fingerprint density at radius 2 is 1.91 bits per heavy atom. The minimum Gasteiger partial charge on any atom is -0.371 e. The van der Waals surface area contributed by atoms with E-state index in [1.807, 2.05) is 0 Å². The number of aromatic nitrogens is 1. The van der Waals surface area contributed by atoms with E-state index in [0.29, 0.717) is 11.8 Å². The molecule has 2 heterocycles. The van der Waals surface area contributed by atoms with Gasteiger partial charge in [0.05, 0.1) is 28.6 Å². The number of benzene rings is 1. The van der Waals surface area contributed by atoms with E-state index >= 15 is 0 Å². The molecule has 34 heavy (non-hydrogen) atoms. The van der Waals surface area contributed by atoms with Crippen molar-refractivity contribution >= 4 is 33.1 Å². The molecule has 6 heteroatoms. The van der Waals surface area contributed by atoms with E-state index in [2.05, 4.69) is 75.8 Å². The maximum Gasteiger partial charge on any atom is 0.0923 e. The number of fused-ring (bicyclic) bond motifs is 1. The largest absolute Gasteiger partial charge is 0.371 e. The van der Waals surface area contributed by atoms with Crippen LogP contribution in [0.2, 0.25) is 0 Å². The lowest BCUT2D eigenvalue weighted by atomic mass is 9.92. The summed E-state index contributed by atoms with van der Waals surface area (Å²) in [7, 11) is -0.987. The number of hydrogen-bond acceptors (Lipinski definition) is 3. The van der Waals surface area contributed by atoms with Crippen molar-refractivity contribution in [2.45, 2.75) is 64.5 Å². The molecule has 0 radical (unpaired) electrons. The summed E-state index contributed by atoms with van der Waals surface area (Å²) in [4.78, 5) is 2.53. The van der Waals surface area contributed by atoms with Gasteiger partial charge in [-0.25, -0.2) is 8.93 Å². The Bertz CT molecular complexity index is 1140. The molecule has 1 aromatic carbocycles. The first-order valence-electron chi connectivity index (χ1n) is 12.6. The van der Waals surface area contributed by atoms with Crippen LogP contribution in [0.5, 0.6) is 0 Å². The van der Waals surface area contributed by atoms with E-state index in [4.69, 9.17) is 5.26 Å². The minimum atomic E-state index is -0.987. The highest BCUT2D eigenvalue weighted by Crippen LogP contribution is 2.40. The summed E-state index contributed by atoms with van der Waals surface area (Å²) in [6, 6.07) is 11.7. The molecule has 2 aromatic rings. The zero-order chi connectivity index (χ0) is 23.9. The average molecular weight is 477 g/mol. The smallest absolute Gasteiger partial charge is 0.0923 e. The molecular weight excluding hydrogens is 440 g/mol. The molecule has 0 bridgehead atoms. The lowest BCUT2D eigenvalue weighted by molar-refractivity contribution is 0.320. The minimum absolute atomic E-state index is 0.00411. The van der Waals surface area contributed by atoms with Crippen molar-refractivity contribution < 1.29 is 4.21 Å². The van der Waals surface area contributed by atoms with Gasteiger partial charge in [-0.15, -0.1) is 0 Å². The number of hydrogen-bond donors (Lipinski definition) is 1. The molecule has 5 rings (SSSR count). The van der Waals surface area contributed by atoms with Crippen molar-refractivity contribution in [3.8, 4) is 6.07 Å². The Morgan fingerprint density at radius 1 is 1.15 bits per heavy atom. The number of anilines is 1. The summed E-state index contributed by atoms with van der Waals surface area (Å²) in [5.41, 5.74) is 5.26. The van der Waals surface area contributed by atoms with E-state index in [9.17, 15) is 4.21 Å². The zero-order valence-corrected chi connectivity index (χ0v) is 21.2. The van der Waals surface area contributed by atoms with Crippen LogP contribution in [0.1, 0.15) is 64.1 Å². The summed E-state index contributed by atoms with van der Waals surface area (Å²) in [5.74, 6) is 0.688. The fraction of sp³-hybridized carbons (Fsp3) is 0.464. The Balaban J connectivity index is 0.000000868. The summed E-state index contributed by atoms with van der Waals surface area (Å²) in [5, 5.41) is 8.64. The predicted octanol–water partition coefficient (Wildman–Crippen LogP) is 6.04. The van der Waals surface area contributed by atoms with Crippen molar-refractivity contribution in [2.75, 3.05) is 23.7 Å². The summed E-state index contributed by atoms with van der Waals surface area (Å²) < 4.78 is 17.9. The number of allylic oxidation sites excluding steroid dienone is 4. The summed E-state index contributed by atoms with van der Waals surface area (Å²) >= 11 is 0. The number of rotatable bonds is 7. The Labute approximate surface area is 206 Å². The van der Waals surface area contributed by atoms with Crippen LogP contribution >= 0.6 is 0 Å².